The molecule has 0 saturated carbocycles. The lowest BCUT2D eigenvalue weighted by Gasteiger charge is -2.10. The average molecular weight is 242 g/mol. The Morgan fingerprint density at radius 3 is 2.53 bits per heavy atom. The number of terminal acetylenes is 1. The molecule has 0 bridgehead atoms. The maximum absolute atomic E-state index is 9.93. The zero-order valence-electron chi connectivity index (χ0n) is 10.6. The Morgan fingerprint density at radius 1 is 1.29 bits per heavy atom. The predicted molar refractivity (Wildman–Crippen MR) is 75.1 cm³/mol. The zero-order chi connectivity index (χ0) is 12.9. The van der Waals surface area contributed by atoms with Crippen molar-refractivity contribution in [3.05, 3.63) is 35.4 Å². The van der Waals surface area contributed by atoms with Crippen molar-refractivity contribution >= 4 is 8.07 Å². The normalized spacial score (nSPS) is 12.2. The van der Waals surface area contributed by atoms with Crippen LogP contribution in [0.25, 0.3) is 0 Å². The van der Waals surface area contributed by atoms with Gasteiger partial charge in [-0.1, -0.05) is 43.8 Å². The summed E-state index contributed by atoms with van der Waals surface area (Å²) in [5.41, 5.74) is 5.02. The minimum absolute atomic E-state index is 0.325. The van der Waals surface area contributed by atoms with Crippen LogP contribution < -0.4 is 0 Å². The van der Waals surface area contributed by atoms with Gasteiger partial charge in [0.2, 0.25) is 0 Å². The highest BCUT2D eigenvalue weighted by atomic mass is 28.3. The number of rotatable bonds is 2. The lowest BCUT2D eigenvalue weighted by Crippen LogP contribution is -2.16. The zero-order valence-corrected chi connectivity index (χ0v) is 11.6. The van der Waals surface area contributed by atoms with Crippen molar-refractivity contribution in [3.8, 4) is 23.8 Å². The van der Waals surface area contributed by atoms with Gasteiger partial charge in [0, 0.05) is 12.0 Å². The molecule has 0 fully saturated rings. The van der Waals surface area contributed by atoms with Crippen molar-refractivity contribution in [2.75, 3.05) is 0 Å². The van der Waals surface area contributed by atoms with Crippen LogP contribution in [0, 0.1) is 23.8 Å². The van der Waals surface area contributed by atoms with E-state index in [9.17, 15) is 5.11 Å². The van der Waals surface area contributed by atoms with E-state index in [4.69, 9.17) is 6.42 Å². The summed E-state index contributed by atoms with van der Waals surface area (Å²) in [6.45, 7) is 6.58. The molecule has 1 unspecified atom stereocenters. The van der Waals surface area contributed by atoms with E-state index >= 15 is 0 Å². The van der Waals surface area contributed by atoms with E-state index in [1.165, 1.54) is 0 Å². The largest absolute Gasteiger partial charge is 0.387 e. The Kier molecular flexibility index (Phi) is 4.58. The number of aliphatic hydroxyl groups is 1. The van der Waals surface area contributed by atoms with Crippen LogP contribution in [0.5, 0.6) is 0 Å². The lowest BCUT2D eigenvalue weighted by atomic mass is 10.0. The molecule has 0 aliphatic heterocycles. The topological polar surface area (TPSA) is 20.2 Å². The van der Waals surface area contributed by atoms with E-state index < -0.39 is 14.2 Å². The predicted octanol–water partition coefficient (Wildman–Crippen LogP) is 2.97. The molecule has 17 heavy (non-hydrogen) atoms. The Morgan fingerprint density at radius 2 is 1.94 bits per heavy atom. The third-order valence-electron chi connectivity index (χ3n) is 2.20. The van der Waals surface area contributed by atoms with Crippen molar-refractivity contribution in [1.29, 1.82) is 0 Å². The van der Waals surface area contributed by atoms with Gasteiger partial charge in [-0.15, -0.1) is 17.9 Å². The summed E-state index contributed by atoms with van der Waals surface area (Å²) in [5.74, 6) is 5.65. The van der Waals surface area contributed by atoms with Crippen LogP contribution in [-0.2, 0) is 0 Å². The average Bonchev–Trinajstić information content (AvgIpc) is 2.26. The molecule has 1 nitrogen and oxygen atoms in total. The van der Waals surface area contributed by atoms with Gasteiger partial charge in [-0.2, -0.15) is 0 Å². The smallest absolute Gasteiger partial charge is 0.129 e. The lowest BCUT2D eigenvalue weighted by molar-refractivity contribution is 0.184. The Balaban J connectivity index is 3.08. The van der Waals surface area contributed by atoms with Crippen molar-refractivity contribution in [3.63, 3.8) is 0 Å². The van der Waals surface area contributed by atoms with Gasteiger partial charge in [0.05, 0.1) is 6.10 Å². The summed E-state index contributed by atoms with van der Waals surface area (Å²) in [5, 5.41) is 9.93. The monoisotopic (exact) mass is 242 g/mol. The second-order valence-corrected chi connectivity index (χ2v) is 9.76. The Labute approximate surface area is 105 Å². The van der Waals surface area contributed by atoms with E-state index in [2.05, 4.69) is 37.0 Å². The van der Waals surface area contributed by atoms with Gasteiger partial charge in [-0.25, -0.2) is 0 Å². The first-order chi connectivity index (χ1) is 7.94. The second-order valence-electron chi connectivity index (χ2n) is 5.01. The van der Waals surface area contributed by atoms with E-state index in [1.807, 2.05) is 24.3 Å². The van der Waals surface area contributed by atoms with Crippen LogP contribution in [0.4, 0.5) is 0 Å². The number of benzene rings is 1. The highest BCUT2D eigenvalue weighted by molar-refractivity contribution is 6.83. The van der Waals surface area contributed by atoms with Crippen LogP contribution in [0.2, 0.25) is 19.6 Å². The van der Waals surface area contributed by atoms with Crippen LogP contribution in [-0.4, -0.2) is 13.2 Å². The maximum atomic E-state index is 9.93. The molecular weight excluding hydrogens is 224 g/mol. The summed E-state index contributed by atoms with van der Waals surface area (Å²) < 4.78 is 0. The number of aliphatic hydroxyl groups excluding tert-OH is 1. The number of hydrogen-bond donors (Lipinski definition) is 1. The van der Waals surface area contributed by atoms with Gasteiger partial charge >= 0.3 is 0 Å². The first-order valence-electron chi connectivity index (χ1n) is 5.67. The SMILES string of the molecule is C#CCC(O)c1ccccc1C#C[Si](C)(C)C. The summed E-state index contributed by atoms with van der Waals surface area (Å²) in [4.78, 5) is 0. The molecule has 1 N–H and O–H groups in total. The van der Waals surface area contributed by atoms with E-state index in [1.54, 1.807) is 0 Å². The first-order valence-corrected chi connectivity index (χ1v) is 9.17. The molecule has 0 amide bonds. The summed E-state index contributed by atoms with van der Waals surface area (Å²) in [7, 11) is -1.40. The highest BCUT2D eigenvalue weighted by Gasteiger charge is 2.11. The van der Waals surface area contributed by atoms with Gasteiger partial charge in [0.25, 0.3) is 0 Å². The van der Waals surface area contributed by atoms with Gasteiger partial charge < -0.3 is 5.11 Å². The van der Waals surface area contributed by atoms with Gasteiger partial charge in [-0.05, 0) is 11.6 Å². The molecule has 0 saturated heterocycles. The molecule has 0 aliphatic carbocycles. The standard InChI is InChI=1S/C15H18OSi/c1-5-8-15(16)14-10-7-6-9-13(14)11-12-17(2,3)4/h1,6-7,9-10,15-16H,8H2,2-4H3. The molecule has 1 aromatic rings. The van der Waals surface area contributed by atoms with Gasteiger partial charge in [0.15, 0.2) is 0 Å². The molecule has 0 aromatic heterocycles. The molecule has 1 rings (SSSR count). The third kappa shape index (κ3) is 4.49. The molecule has 88 valence electrons. The summed E-state index contributed by atoms with van der Waals surface area (Å²) in [6.07, 6.45) is 4.93. The third-order valence-corrected chi connectivity index (χ3v) is 3.08. The molecular formula is C15H18OSi. The van der Waals surface area contributed by atoms with Crippen molar-refractivity contribution in [1.82, 2.24) is 0 Å². The van der Waals surface area contributed by atoms with E-state index in [0.717, 1.165) is 11.1 Å². The molecule has 0 radical (unpaired) electrons. The van der Waals surface area contributed by atoms with Crippen molar-refractivity contribution in [2.45, 2.75) is 32.2 Å². The Bertz CT molecular complexity index is 480. The van der Waals surface area contributed by atoms with Crippen LogP contribution in [0.3, 0.4) is 0 Å². The molecule has 1 atom stereocenters. The maximum Gasteiger partial charge on any atom is 0.129 e. The highest BCUT2D eigenvalue weighted by Crippen LogP contribution is 2.19. The Hall–Kier alpha value is -1.48. The van der Waals surface area contributed by atoms with Crippen LogP contribution in [0.1, 0.15) is 23.7 Å². The van der Waals surface area contributed by atoms with Crippen LogP contribution in [0.15, 0.2) is 24.3 Å². The fourth-order valence-corrected chi connectivity index (χ4v) is 1.89. The molecule has 1 aromatic carbocycles. The van der Waals surface area contributed by atoms with Crippen molar-refractivity contribution < 1.29 is 5.11 Å². The van der Waals surface area contributed by atoms with Crippen molar-refractivity contribution in [2.24, 2.45) is 0 Å². The molecule has 0 aliphatic rings. The molecule has 0 spiro atoms. The quantitative estimate of drug-likeness (QED) is 0.624. The first kappa shape index (κ1) is 13.6. The molecule has 2 heteroatoms. The van der Waals surface area contributed by atoms with Gasteiger partial charge in [-0.3, -0.25) is 0 Å². The van der Waals surface area contributed by atoms with E-state index in [-0.39, 0.29) is 0 Å². The van der Waals surface area contributed by atoms with Crippen LogP contribution >= 0.6 is 0 Å². The minimum atomic E-state index is -1.40. The van der Waals surface area contributed by atoms with Gasteiger partial charge in [0.1, 0.15) is 8.07 Å². The van der Waals surface area contributed by atoms with E-state index in [0.29, 0.717) is 6.42 Å². The minimum Gasteiger partial charge on any atom is -0.387 e. The summed E-state index contributed by atoms with van der Waals surface area (Å²) in [6, 6.07) is 7.65. The fraction of sp³-hybridized carbons (Fsp3) is 0.333. The number of hydrogen-bond acceptors (Lipinski definition) is 1. The fourth-order valence-electron chi connectivity index (χ4n) is 1.38. The summed E-state index contributed by atoms with van der Waals surface area (Å²) >= 11 is 0. The molecule has 0 heterocycles. The second kappa shape index (κ2) is 5.73.